The number of para-hydroxylation sites is 1. The lowest BCUT2D eigenvalue weighted by Gasteiger charge is -2.17. The SMILES string of the molecule is Cn1ccc(COc2c(COc3ccccc3CCO)cc(-c3cccc(CN)c3)c3occc23)n1. The zero-order valence-corrected chi connectivity index (χ0v) is 20.2. The Morgan fingerprint density at radius 1 is 0.972 bits per heavy atom. The second-order valence-electron chi connectivity index (χ2n) is 8.62. The van der Waals surface area contributed by atoms with Crippen LogP contribution in [0.2, 0.25) is 0 Å². The number of benzene rings is 3. The molecule has 36 heavy (non-hydrogen) atoms. The predicted octanol–water partition coefficient (Wildman–Crippen LogP) is 4.98. The Morgan fingerprint density at radius 2 is 1.86 bits per heavy atom. The molecule has 7 heteroatoms. The van der Waals surface area contributed by atoms with Gasteiger partial charge in [0.1, 0.15) is 30.3 Å². The third kappa shape index (κ3) is 4.98. The molecule has 5 rings (SSSR count). The van der Waals surface area contributed by atoms with Crippen molar-refractivity contribution in [2.45, 2.75) is 26.2 Å². The van der Waals surface area contributed by atoms with Crippen LogP contribution < -0.4 is 15.2 Å². The Balaban J connectivity index is 1.56. The molecule has 0 radical (unpaired) electrons. The number of aromatic nitrogens is 2. The second-order valence-corrected chi connectivity index (χ2v) is 8.62. The fourth-order valence-electron chi connectivity index (χ4n) is 4.35. The molecule has 0 aliphatic rings. The molecule has 0 aliphatic heterocycles. The highest BCUT2D eigenvalue weighted by molar-refractivity contribution is 5.97. The van der Waals surface area contributed by atoms with E-state index in [9.17, 15) is 5.11 Å². The number of nitrogens with two attached hydrogens (primary N) is 1. The summed E-state index contributed by atoms with van der Waals surface area (Å²) >= 11 is 0. The number of furan rings is 1. The largest absolute Gasteiger partial charge is 0.488 e. The Bertz CT molecular complexity index is 1470. The zero-order chi connectivity index (χ0) is 24.9. The number of aryl methyl sites for hydroxylation is 1. The summed E-state index contributed by atoms with van der Waals surface area (Å²) in [5, 5.41) is 14.7. The van der Waals surface area contributed by atoms with Crippen molar-refractivity contribution in [3.05, 3.63) is 102 Å². The minimum atomic E-state index is 0.0570. The molecule has 0 bridgehead atoms. The van der Waals surface area contributed by atoms with Crippen molar-refractivity contribution < 1.29 is 19.0 Å². The number of hydrogen-bond acceptors (Lipinski definition) is 6. The minimum Gasteiger partial charge on any atom is -0.488 e. The molecule has 0 saturated carbocycles. The molecule has 3 N–H and O–H groups in total. The van der Waals surface area contributed by atoms with E-state index in [1.807, 2.05) is 67.8 Å². The molecule has 0 fully saturated rings. The summed E-state index contributed by atoms with van der Waals surface area (Å²) in [6.45, 7) is 1.11. The van der Waals surface area contributed by atoms with Crippen molar-refractivity contribution in [3.8, 4) is 22.6 Å². The van der Waals surface area contributed by atoms with Crippen molar-refractivity contribution in [1.82, 2.24) is 9.78 Å². The number of hydrogen-bond donors (Lipinski definition) is 2. The van der Waals surface area contributed by atoms with Gasteiger partial charge in [-0.25, -0.2) is 0 Å². The smallest absolute Gasteiger partial charge is 0.145 e. The van der Waals surface area contributed by atoms with Gasteiger partial charge < -0.3 is 24.7 Å². The Kier molecular flexibility index (Phi) is 7.02. The normalized spacial score (nSPS) is 11.2. The summed E-state index contributed by atoms with van der Waals surface area (Å²) < 4.78 is 20.3. The van der Waals surface area contributed by atoms with Crippen LogP contribution in [-0.4, -0.2) is 21.5 Å². The van der Waals surface area contributed by atoms with Crippen LogP contribution in [0.15, 0.2) is 83.6 Å². The maximum atomic E-state index is 9.45. The Morgan fingerprint density at radius 3 is 2.67 bits per heavy atom. The van der Waals surface area contributed by atoms with Crippen LogP contribution >= 0.6 is 0 Å². The maximum absolute atomic E-state index is 9.45. The molecule has 0 spiro atoms. The number of rotatable bonds is 10. The van der Waals surface area contributed by atoms with Crippen molar-refractivity contribution in [1.29, 1.82) is 0 Å². The molecule has 0 aliphatic carbocycles. The van der Waals surface area contributed by atoms with Gasteiger partial charge in [-0.2, -0.15) is 5.10 Å². The molecule has 2 heterocycles. The van der Waals surface area contributed by atoms with Crippen LogP contribution in [0.25, 0.3) is 22.1 Å². The van der Waals surface area contributed by atoms with Gasteiger partial charge in [-0.15, -0.1) is 0 Å². The van der Waals surface area contributed by atoms with Crippen molar-refractivity contribution in [2.24, 2.45) is 12.8 Å². The highest BCUT2D eigenvalue weighted by atomic mass is 16.5. The molecule has 7 nitrogen and oxygen atoms in total. The van der Waals surface area contributed by atoms with E-state index in [-0.39, 0.29) is 13.2 Å². The summed E-state index contributed by atoms with van der Waals surface area (Å²) in [6.07, 6.45) is 4.09. The van der Waals surface area contributed by atoms with E-state index in [0.29, 0.717) is 25.3 Å². The van der Waals surface area contributed by atoms with Gasteiger partial charge >= 0.3 is 0 Å². The average molecular weight is 484 g/mol. The highest BCUT2D eigenvalue weighted by Crippen LogP contribution is 2.39. The van der Waals surface area contributed by atoms with Gasteiger partial charge in [-0.3, -0.25) is 4.68 Å². The van der Waals surface area contributed by atoms with Crippen LogP contribution in [0.4, 0.5) is 0 Å². The quantitative estimate of drug-likeness (QED) is 0.291. The first-order chi connectivity index (χ1) is 17.7. The van der Waals surface area contributed by atoms with Crippen LogP contribution in [0.5, 0.6) is 11.5 Å². The van der Waals surface area contributed by atoms with E-state index in [2.05, 4.69) is 17.2 Å². The highest BCUT2D eigenvalue weighted by Gasteiger charge is 2.19. The van der Waals surface area contributed by atoms with E-state index in [4.69, 9.17) is 19.6 Å². The standard InChI is InChI=1S/C29H29N3O4/c1-32-12-9-24(31-32)19-36-28-23(18-35-27-8-3-2-6-21(27)10-13-33)16-26(29-25(28)11-14-34-29)22-7-4-5-20(15-22)17-30/h2-9,11-12,14-16,33H,10,13,17-19,30H2,1H3. The number of fused-ring (bicyclic) bond motifs is 1. The van der Waals surface area contributed by atoms with Gasteiger partial charge in [0, 0.05) is 37.5 Å². The minimum absolute atomic E-state index is 0.0570. The van der Waals surface area contributed by atoms with E-state index >= 15 is 0 Å². The lowest BCUT2D eigenvalue weighted by Crippen LogP contribution is -2.05. The molecule has 0 unspecified atom stereocenters. The summed E-state index contributed by atoms with van der Waals surface area (Å²) in [7, 11) is 1.88. The first kappa shape index (κ1) is 23.7. The fraction of sp³-hybridized carbons (Fsp3) is 0.207. The monoisotopic (exact) mass is 483 g/mol. The number of nitrogens with zero attached hydrogens (tertiary/aromatic N) is 2. The van der Waals surface area contributed by atoms with Crippen LogP contribution in [0.3, 0.4) is 0 Å². The topological polar surface area (TPSA) is 95.7 Å². The number of aliphatic hydroxyl groups is 1. The van der Waals surface area contributed by atoms with Crippen molar-refractivity contribution >= 4 is 11.0 Å². The maximum Gasteiger partial charge on any atom is 0.145 e. The summed E-state index contributed by atoms with van der Waals surface area (Å²) in [5.41, 5.74) is 12.3. The molecular weight excluding hydrogens is 454 g/mol. The molecule has 184 valence electrons. The van der Waals surface area contributed by atoms with Crippen LogP contribution in [-0.2, 0) is 33.2 Å². The molecule has 2 aromatic heterocycles. The van der Waals surface area contributed by atoms with Gasteiger partial charge in [0.05, 0.1) is 17.3 Å². The average Bonchev–Trinajstić information content (AvgIpc) is 3.56. The second kappa shape index (κ2) is 10.7. The molecule has 5 aromatic rings. The van der Waals surface area contributed by atoms with Gasteiger partial charge in [0.2, 0.25) is 0 Å². The number of ether oxygens (including phenoxy) is 2. The summed E-state index contributed by atoms with van der Waals surface area (Å²) in [6, 6.07) is 21.8. The van der Waals surface area contributed by atoms with E-state index in [1.165, 1.54) is 0 Å². The molecule has 3 aromatic carbocycles. The van der Waals surface area contributed by atoms with Crippen molar-refractivity contribution in [2.75, 3.05) is 6.61 Å². The van der Waals surface area contributed by atoms with Gasteiger partial charge in [0.15, 0.2) is 0 Å². The van der Waals surface area contributed by atoms with Crippen molar-refractivity contribution in [3.63, 3.8) is 0 Å². The van der Waals surface area contributed by atoms with E-state index < -0.39 is 0 Å². The number of aliphatic hydroxyl groups excluding tert-OH is 1. The van der Waals surface area contributed by atoms with Gasteiger partial charge in [0.25, 0.3) is 0 Å². The summed E-state index contributed by atoms with van der Waals surface area (Å²) in [5.74, 6) is 1.43. The summed E-state index contributed by atoms with van der Waals surface area (Å²) in [4.78, 5) is 0. The third-order valence-electron chi connectivity index (χ3n) is 6.11. The molecule has 0 amide bonds. The van der Waals surface area contributed by atoms with Crippen LogP contribution in [0, 0.1) is 0 Å². The molecular formula is C29H29N3O4. The van der Waals surface area contributed by atoms with E-state index in [1.54, 1.807) is 10.9 Å². The van der Waals surface area contributed by atoms with Gasteiger partial charge in [-0.05, 0) is 53.4 Å². The molecule has 0 saturated heterocycles. The molecule has 0 atom stereocenters. The van der Waals surface area contributed by atoms with Gasteiger partial charge in [-0.1, -0.05) is 36.4 Å². The first-order valence-corrected chi connectivity index (χ1v) is 11.9. The zero-order valence-electron chi connectivity index (χ0n) is 20.2. The predicted molar refractivity (Wildman–Crippen MR) is 139 cm³/mol. The van der Waals surface area contributed by atoms with Crippen LogP contribution in [0.1, 0.15) is 22.4 Å². The Labute approximate surface area is 209 Å². The third-order valence-corrected chi connectivity index (χ3v) is 6.11. The lowest BCUT2D eigenvalue weighted by molar-refractivity contribution is 0.267. The van der Waals surface area contributed by atoms with E-state index in [0.717, 1.165) is 50.2 Å². The fourth-order valence-corrected chi connectivity index (χ4v) is 4.35. The first-order valence-electron chi connectivity index (χ1n) is 11.9. The lowest BCUT2D eigenvalue weighted by atomic mass is 9.98. The Hall–Kier alpha value is -4.07.